The number of hydrogen-bond donors (Lipinski definition) is 0. The van der Waals surface area contributed by atoms with Gasteiger partial charge in [0.2, 0.25) is 0 Å². The van der Waals surface area contributed by atoms with Crippen molar-refractivity contribution in [1.82, 2.24) is 0 Å². The van der Waals surface area contributed by atoms with Crippen LogP contribution in [0.15, 0.2) is 41.3 Å². The first-order valence-electron chi connectivity index (χ1n) is 5.28. The van der Waals surface area contributed by atoms with Gasteiger partial charge in [-0.15, -0.1) is 23.1 Å². The molecule has 0 unspecified atom stereocenters. The lowest BCUT2D eigenvalue weighted by Gasteiger charge is -2.01. The Labute approximate surface area is 118 Å². The van der Waals surface area contributed by atoms with Gasteiger partial charge < -0.3 is 0 Å². The number of benzene rings is 1. The van der Waals surface area contributed by atoms with Gasteiger partial charge in [-0.3, -0.25) is 4.79 Å². The van der Waals surface area contributed by atoms with E-state index in [0.29, 0.717) is 15.7 Å². The molecule has 1 heterocycles. The summed E-state index contributed by atoms with van der Waals surface area (Å²) in [7, 11) is 0. The second-order valence-corrected chi connectivity index (χ2v) is 6.46. The topological polar surface area (TPSA) is 17.1 Å². The lowest BCUT2D eigenvalue weighted by Crippen LogP contribution is -2.04. The highest BCUT2D eigenvalue weighted by Crippen LogP contribution is 2.24. The van der Waals surface area contributed by atoms with E-state index in [1.165, 1.54) is 29.2 Å². The van der Waals surface area contributed by atoms with Gasteiger partial charge in [-0.2, -0.15) is 0 Å². The molecule has 0 aliphatic rings. The first kappa shape index (κ1) is 13.6. The summed E-state index contributed by atoms with van der Waals surface area (Å²) in [6.07, 6.45) is 0.360. The Hall–Kier alpha value is -0.840. The first-order chi connectivity index (χ1) is 8.65. The van der Waals surface area contributed by atoms with Crippen LogP contribution < -0.4 is 0 Å². The van der Waals surface area contributed by atoms with E-state index < -0.39 is 0 Å². The van der Waals surface area contributed by atoms with Crippen LogP contribution in [0.2, 0.25) is 4.34 Å². The zero-order chi connectivity index (χ0) is 13.0. The van der Waals surface area contributed by atoms with E-state index in [1.807, 2.05) is 6.07 Å². The highest BCUT2D eigenvalue weighted by Gasteiger charge is 2.08. The normalized spacial score (nSPS) is 10.6. The molecule has 2 rings (SSSR count). The lowest BCUT2D eigenvalue weighted by molar-refractivity contribution is -0.115. The molecule has 0 bridgehead atoms. The molecule has 2 aromatic rings. The van der Waals surface area contributed by atoms with Crippen molar-refractivity contribution >= 4 is 40.5 Å². The third-order valence-corrected chi connectivity index (χ3v) is 4.57. The molecule has 0 aliphatic heterocycles. The van der Waals surface area contributed by atoms with Crippen LogP contribution in [-0.2, 0) is 11.2 Å². The zero-order valence-electron chi connectivity index (χ0n) is 9.36. The molecule has 1 nitrogen and oxygen atoms in total. The molecular formula is C13H10ClFOS2. The molecule has 0 aliphatic carbocycles. The van der Waals surface area contributed by atoms with Crippen molar-refractivity contribution in [2.24, 2.45) is 0 Å². The minimum absolute atomic E-state index is 0.0711. The monoisotopic (exact) mass is 300 g/mol. The van der Waals surface area contributed by atoms with Crippen LogP contribution in [0.4, 0.5) is 4.39 Å². The average Bonchev–Trinajstić information content (AvgIpc) is 2.74. The maximum Gasteiger partial charge on any atom is 0.148 e. The zero-order valence-corrected chi connectivity index (χ0v) is 11.7. The van der Waals surface area contributed by atoms with Crippen molar-refractivity contribution in [1.29, 1.82) is 0 Å². The van der Waals surface area contributed by atoms with Gasteiger partial charge in [0.1, 0.15) is 11.6 Å². The van der Waals surface area contributed by atoms with Crippen LogP contribution in [0.1, 0.15) is 4.88 Å². The number of carbonyl (C=O) groups excluding carboxylic acids is 1. The molecule has 5 heteroatoms. The van der Waals surface area contributed by atoms with E-state index in [1.54, 1.807) is 24.3 Å². The van der Waals surface area contributed by atoms with Crippen LogP contribution in [0, 0.1) is 5.82 Å². The van der Waals surface area contributed by atoms with Crippen LogP contribution in [0.5, 0.6) is 0 Å². The van der Waals surface area contributed by atoms with Crippen molar-refractivity contribution in [2.45, 2.75) is 11.3 Å². The second-order valence-electron chi connectivity index (χ2n) is 3.64. The third-order valence-electron chi connectivity index (χ3n) is 2.23. The summed E-state index contributed by atoms with van der Waals surface area (Å²) in [5, 5.41) is 0. The molecule has 0 saturated carbocycles. The fourth-order valence-electron chi connectivity index (χ4n) is 1.41. The van der Waals surface area contributed by atoms with Crippen LogP contribution >= 0.6 is 34.7 Å². The van der Waals surface area contributed by atoms with E-state index in [4.69, 9.17) is 11.6 Å². The van der Waals surface area contributed by atoms with E-state index in [0.717, 1.165) is 4.88 Å². The molecule has 0 amide bonds. The summed E-state index contributed by atoms with van der Waals surface area (Å²) in [6.45, 7) is 0. The van der Waals surface area contributed by atoms with E-state index in [2.05, 4.69) is 0 Å². The standard InChI is InChI=1S/C13H10ClFOS2/c14-13-6-5-10(18-13)7-9(16)8-17-12-4-2-1-3-11(12)15/h1-6H,7-8H2. The summed E-state index contributed by atoms with van der Waals surface area (Å²) in [5.41, 5.74) is 0. The second kappa shape index (κ2) is 6.36. The van der Waals surface area contributed by atoms with E-state index >= 15 is 0 Å². The van der Waals surface area contributed by atoms with Crippen LogP contribution in [-0.4, -0.2) is 11.5 Å². The molecule has 0 radical (unpaired) electrons. The Balaban J connectivity index is 1.87. The summed E-state index contributed by atoms with van der Waals surface area (Å²) >= 11 is 8.42. The van der Waals surface area contributed by atoms with Gasteiger partial charge in [0.05, 0.1) is 10.1 Å². The summed E-state index contributed by atoms with van der Waals surface area (Å²) in [5.74, 6) is 0.0624. The Morgan fingerprint density at radius 1 is 1.28 bits per heavy atom. The van der Waals surface area contributed by atoms with Gasteiger partial charge in [0, 0.05) is 16.2 Å². The molecule has 0 fully saturated rings. The molecule has 1 aromatic heterocycles. The Morgan fingerprint density at radius 3 is 2.72 bits per heavy atom. The van der Waals surface area contributed by atoms with Gasteiger partial charge in [0.15, 0.2) is 0 Å². The molecule has 0 N–H and O–H groups in total. The Bertz CT molecular complexity index is 553. The molecule has 94 valence electrons. The number of rotatable bonds is 5. The fraction of sp³-hybridized carbons (Fsp3) is 0.154. The van der Waals surface area contributed by atoms with Crippen LogP contribution in [0.3, 0.4) is 0 Å². The number of Topliss-reactive ketones (excluding diaryl/α,β-unsaturated/α-hetero) is 1. The number of carbonyl (C=O) groups is 1. The van der Waals surface area contributed by atoms with Crippen LogP contribution in [0.25, 0.3) is 0 Å². The molecule has 0 saturated heterocycles. The largest absolute Gasteiger partial charge is 0.298 e. The molecule has 0 spiro atoms. The minimum atomic E-state index is -0.283. The van der Waals surface area contributed by atoms with Gasteiger partial charge in [0.25, 0.3) is 0 Å². The predicted octanol–water partition coefficient (Wildman–Crippen LogP) is 4.44. The number of hydrogen-bond acceptors (Lipinski definition) is 3. The van der Waals surface area contributed by atoms with Gasteiger partial charge in [-0.1, -0.05) is 23.7 Å². The summed E-state index contributed by atoms with van der Waals surface area (Å²) < 4.78 is 14.0. The summed E-state index contributed by atoms with van der Waals surface area (Å²) in [4.78, 5) is 13.2. The van der Waals surface area contributed by atoms with Crippen molar-refractivity contribution < 1.29 is 9.18 Å². The maximum absolute atomic E-state index is 13.3. The van der Waals surface area contributed by atoms with Gasteiger partial charge in [-0.25, -0.2) is 4.39 Å². The Kier molecular flexibility index (Phi) is 4.80. The van der Waals surface area contributed by atoms with Gasteiger partial charge in [-0.05, 0) is 24.3 Å². The predicted molar refractivity (Wildman–Crippen MR) is 75.2 cm³/mol. The number of halogens is 2. The van der Waals surface area contributed by atoms with Crippen molar-refractivity contribution in [3.8, 4) is 0 Å². The SMILES string of the molecule is O=C(CSc1ccccc1F)Cc1ccc(Cl)s1. The molecule has 18 heavy (non-hydrogen) atoms. The van der Waals surface area contributed by atoms with E-state index in [-0.39, 0.29) is 17.4 Å². The molecule has 1 aromatic carbocycles. The quantitative estimate of drug-likeness (QED) is 0.759. The molecule has 0 atom stereocenters. The maximum atomic E-state index is 13.3. The third kappa shape index (κ3) is 3.83. The average molecular weight is 301 g/mol. The smallest absolute Gasteiger partial charge is 0.148 e. The number of thioether (sulfide) groups is 1. The first-order valence-corrected chi connectivity index (χ1v) is 7.46. The highest BCUT2D eigenvalue weighted by atomic mass is 35.5. The van der Waals surface area contributed by atoms with Crippen molar-refractivity contribution in [3.05, 3.63) is 51.4 Å². The van der Waals surface area contributed by atoms with Gasteiger partial charge >= 0.3 is 0 Å². The lowest BCUT2D eigenvalue weighted by atomic mass is 10.3. The fourth-order valence-corrected chi connectivity index (χ4v) is 3.33. The Morgan fingerprint density at radius 2 is 2.06 bits per heavy atom. The molecular weight excluding hydrogens is 291 g/mol. The summed E-state index contributed by atoms with van der Waals surface area (Å²) in [6, 6.07) is 10.1. The highest BCUT2D eigenvalue weighted by molar-refractivity contribution is 8.00. The number of thiophene rings is 1. The van der Waals surface area contributed by atoms with E-state index in [9.17, 15) is 9.18 Å². The van der Waals surface area contributed by atoms with Crippen molar-refractivity contribution in [2.75, 3.05) is 5.75 Å². The number of ketones is 1. The minimum Gasteiger partial charge on any atom is -0.298 e. The van der Waals surface area contributed by atoms with Crippen molar-refractivity contribution in [3.63, 3.8) is 0 Å².